The molecule has 6 nitrogen and oxygen atoms in total. The molecule has 3 heterocycles. The molecule has 0 spiro atoms. The zero-order chi connectivity index (χ0) is 19.5. The second kappa shape index (κ2) is 7.44. The van der Waals surface area contributed by atoms with Gasteiger partial charge in [-0.15, -0.1) is 0 Å². The molecule has 0 saturated carbocycles. The van der Waals surface area contributed by atoms with Crippen molar-refractivity contribution in [3.05, 3.63) is 102 Å². The van der Waals surface area contributed by atoms with Crippen molar-refractivity contribution in [2.75, 3.05) is 0 Å². The number of likely N-dealkylation sites (tertiary alicyclic amines) is 1. The highest BCUT2D eigenvalue weighted by atomic mass is 16.3. The van der Waals surface area contributed by atoms with Crippen molar-refractivity contribution in [3.63, 3.8) is 0 Å². The number of pyridine rings is 2. The maximum absolute atomic E-state index is 12.9. The summed E-state index contributed by atoms with van der Waals surface area (Å²) < 4.78 is 0. The minimum absolute atomic E-state index is 0.0753. The van der Waals surface area contributed by atoms with E-state index >= 15 is 0 Å². The molecule has 0 bridgehead atoms. The number of aromatic nitrogens is 2. The molecule has 0 aliphatic carbocycles. The number of Topliss-reactive ketones (excluding diaryl/α,β-unsaturated/α-hetero) is 1. The van der Waals surface area contributed by atoms with Crippen LogP contribution < -0.4 is 0 Å². The molecule has 1 amide bonds. The Bertz CT molecular complexity index is 1030. The Morgan fingerprint density at radius 3 is 2.36 bits per heavy atom. The molecule has 6 heteroatoms. The number of aliphatic hydroxyl groups is 1. The Morgan fingerprint density at radius 1 is 0.929 bits per heavy atom. The lowest BCUT2D eigenvalue weighted by Crippen LogP contribution is -2.29. The quantitative estimate of drug-likeness (QED) is 0.433. The van der Waals surface area contributed by atoms with E-state index in [2.05, 4.69) is 9.97 Å². The molecule has 1 saturated heterocycles. The summed E-state index contributed by atoms with van der Waals surface area (Å²) in [4.78, 5) is 35.3. The number of rotatable bonds is 4. The van der Waals surface area contributed by atoms with E-state index < -0.39 is 17.7 Å². The highest BCUT2D eigenvalue weighted by Gasteiger charge is 2.46. The first kappa shape index (κ1) is 17.6. The van der Waals surface area contributed by atoms with Crippen LogP contribution in [0.15, 0.2) is 85.0 Å². The number of ketones is 1. The van der Waals surface area contributed by atoms with Crippen LogP contribution in [0.3, 0.4) is 0 Å². The molecular weight excluding hydrogens is 354 g/mol. The molecule has 1 aromatic carbocycles. The van der Waals surface area contributed by atoms with Gasteiger partial charge in [0.05, 0.1) is 11.6 Å². The molecule has 138 valence electrons. The van der Waals surface area contributed by atoms with Crippen LogP contribution in [0, 0.1) is 0 Å². The molecule has 0 radical (unpaired) electrons. The third-order valence-electron chi connectivity index (χ3n) is 4.68. The predicted molar refractivity (Wildman–Crippen MR) is 103 cm³/mol. The number of hydrogen-bond acceptors (Lipinski definition) is 5. The van der Waals surface area contributed by atoms with Crippen molar-refractivity contribution in [2.45, 2.75) is 12.6 Å². The minimum Gasteiger partial charge on any atom is -0.507 e. The Balaban J connectivity index is 1.85. The fourth-order valence-corrected chi connectivity index (χ4v) is 3.38. The lowest BCUT2D eigenvalue weighted by molar-refractivity contribution is -0.140. The van der Waals surface area contributed by atoms with Crippen LogP contribution >= 0.6 is 0 Å². The molecule has 4 rings (SSSR count). The van der Waals surface area contributed by atoms with Crippen LogP contribution in [-0.4, -0.2) is 31.7 Å². The van der Waals surface area contributed by atoms with Crippen LogP contribution in [0.4, 0.5) is 0 Å². The van der Waals surface area contributed by atoms with Crippen molar-refractivity contribution >= 4 is 17.4 Å². The van der Waals surface area contributed by atoms with Gasteiger partial charge >= 0.3 is 0 Å². The number of aliphatic hydroxyl groups excluding tert-OH is 1. The zero-order valence-electron chi connectivity index (χ0n) is 14.9. The first-order valence-electron chi connectivity index (χ1n) is 8.79. The lowest BCUT2D eigenvalue weighted by atomic mass is 9.96. The number of hydrogen-bond donors (Lipinski definition) is 1. The highest BCUT2D eigenvalue weighted by Crippen LogP contribution is 2.39. The maximum atomic E-state index is 12.9. The third kappa shape index (κ3) is 3.16. The summed E-state index contributed by atoms with van der Waals surface area (Å²) in [5, 5.41) is 10.9. The van der Waals surface area contributed by atoms with Gasteiger partial charge in [-0.3, -0.25) is 19.6 Å². The van der Waals surface area contributed by atoms with E-state index in [4.69, 9.17) is 0 Å². The molecule has 1 aliphatic heterocycles. The topological polar surface area (TPSA) is 83.4 Å². The van der Waals surface area contributed by atoms with Crippen molar-refractivity contribution in [1.29, 1.82) is 0 Å². The van der Waals surface area contributed by atoms with E-state index in [1.165, 1.54) is 4.90 Å². The molecule has 2 aromatic heterocycles. The maximum Gasteiger partial charge on any atom is 0.295 e. The van der Waals surface area contributed by atoms with Crippen LogP contribution in [-0.2, 0) is 16.1 Å². The summed E-state index contributed by atoms with van der Waals surface area (Å²) in [5.74, 6) is -1.54. The number of benzene rings is 1. The van der Waals surface area contributed by atoms with Crippen molar-refractivity contribution in [2.24, 2.45) is 0 Å². The van der Waals surface area contributed by atoms with E-state index in [0.717, 1.165) is 5.56 Å². The van der Waals surface area contributed by atoms with Gasteiger partial charge in [0.25, 0.3) is 11.7 Å². The largest absolute Gasteiger partial charge is 0.507 e. The monoisotopic (exact) mass is 371 g/mol. The number of carbonyl (C=O) groups excluding carboxylic acids is 2. The Hall–Kier alpha value is -3.80. The molecule has 1 unspecified atom stereocenters. The van der Waals surface area contributed by atoms with Crippen molar-refractivity contribution in [3.8, 4) is 0 Å². The first-order chi connectivity index (χ1) is 13.7. The second-order valence-corrected chi connectivity index (χ2v) is 6.43. The van der Waals surface area contributed by atoms with Crippen LogP contribution in [0.1, 0.15) is 22.7 Å². The van der Waals surface area contributed by atoms with Gasteiger partial charge in [0.1, 0.15) is 5.76 Å². The van der Waals surface area contributed by atoms with E-state index in [1.807, 2.05) is 12.1 Å². The van der Waals surface area contributed by atoms with Gasteiger partial charge in [-0.2, -0.15) is 0 Å². The van der Waals surface area contributed by atoms with Gasteiger partial charge < -0.3 is 10.0 Å². The smallest absolute Gasteiger partial charge is 0.295 e. The Labute approximate surface area is 161 Å². The number of nitrogens with zero attached hydrogens (tertiary/aromatic N) is 3. The second-order valence-electron chi connectivity index (χ2n) is 6.43. The summed E-state index contributed by atoms with van der Waals surface area (Å²) >= 11 is 0. The molecule has 1 aliphatic rings. The van der Waals surface area contributed by atoms with Gasteiger partial charge in [-0.1, -0.05) is 36.4 Å². The summed E-state index contributed by atoms with van der Waals surface area (Å²) in [6.45, 7) is 0.205. The lowest BCUT2D eigenvalue weighted by Gasteiger charge is -2.25. The third-order valence-corrected chi connectivity index (χ3v) is 4.68. The van der Waals surface area contributed by atoms with Crippen LogP contribution in [0.2, 0.25) is 0 Å². The van der Waals surface area contributed by atoms with Gasteiger partial charge in [-0.05, 0) is 29.3 Å². The number of carbonyl (C=O) groups is 2. The molecule has 3 aromatic rings. The van der Waals surface area contributed by atoms with Crippen LogP contribution in [0.25, 0.3) is 5.76 Å². The summed E-state index contributed by atoms with van der Waals surface area (Å²) in [6, 6.07) is 15.1. The first-order valence-corrected chi connectivity index (χ1v) is 8.79. The Kier molecular flexibility index (Phi) is 4.68. The van der Waals surface area contributed by atoms with E-state index in [1.54, 1.807) is 67.3 Å². The minimum atomic E-state index is -0.705. The van der Waals surface area contributed by atoms with E-state index in [0.29, 0.717) is 11.1 Å². The zero-order valence-corrected chi connectivity index (χ0v) is 14.9. The molecule has 28 heavy (non-hydrogen) atoms. The highest BCUT2D eigenvalue weighted by molar-refractivity contribution is 6.46. The van der Waals surface area contributed by atoms with Gasteiger partial charge in [0.2, 0.25) is 0 Å². The SMILES string of the molecule is O=C1C(=O)N(Cc2cccnc2)C(c2ccncc2)/C1=C(/O)c1ccccc1. The summed E-state index contributed by atoms with van der Waals surface area (Å²) in [6.07, 6.45) is 6.50. The van der Waals surface area contributed by atoms with Gasteiger partial charge in [0.15, 0.2) is 0 Å². The summed E-state index contributed by atoms with van der Waals surface area (Å²) in [5.41, 5.74) is 2.06. The average molecular weight is 371 g/mol. The standard InChI is InChI=1S/C22H17N3O3/c26-20(17-6-2-1-3-7-17)18-19(16-8-11-23-12-9-16)25(22(28)21(18)27)14-15-5-4-10-24-13-15/h1-13,19,26H,14H2/b20-18-. The van der Waals surface area contributed by atoms with E-state index in [9.17, 15) is 14.7 Å². The average Bonchev–Trinajstić information content (AvgIpc) is 3.00. The van der Waals surface area contributed by atoms with Crippen molar-refractivity contribution < 1.29 is 14.7 Å². The van der Waals surface area contributed by atoms with Gasteiger partial charge in [-0.25, -0.2) is 0 Å². The fourth-order valence-electron chi connectivity index (χ4n) is 3.38. The van der Waals surface area contributed by atoms with Gasteiger partial charge in [0, 0.05) is 36.9 Å². The van der Waals surface area contributed by atoms with Crippen molar-refractivity contribution in [1.82, 2.24) is 14.9 Å². The molecule has 1 N–H and O–H groups in total. The molecule has 1 atom stereocenters. The van der Waals surface area contributed by atoms with E-state index in [-0.39, 0.29) is 17.9 Å². The van der Waals surface area contributed by atoms with Crippen LogP contribution in [0.5, 0.6) is 0 Å². The molecule has 1 fully saturated rings. The summed E-state index contributed by atoms with van der Waals surface area (Å²) in [7, 11) is 0. The fraction of sp³-hybridized carbons (Fsp3) is 0.0909. The number of amides is 1. The Morgan fingerprint density at radius 2 is 1.68 bits per heavy atom. The predicted octanol–water partition coefficient (Wildman–Crippen LogP) is 3.10. The molecular formula is C22H17N3O3. The normalized spacial score (nSPS) is 18.4.